The summed E-state index contributed by atoms with van der Waals surface area (Å²) >= 11 is 0. The van der Waals surface area contributed by atoms with Crippen LogP contribution >= 0.6 is 0 Å². The molecule has 1 radical (unpaired) electrons. The Labute approximate surface area is 62.1 Å². The molecule has 0 unspecified atom stereocenters. The second kappa shape index (κ2) is 2.87. The van der Waals surface area contributed by atoms with E-state index >= 15 is 0 Å². The SMILES string of the molecule is [NH]C(=O)/C(=N\O)c1ccco1. The topological polar surface area (TPSA) is 86.6 Å². The lowest BCUT2D eigenvalue weighted by molar-refractivity contribution is -0.112. The highest BCUT2D eigenvalue weighted by atomic mass is 16.4. The Morgan fingerprint density at radius 3 is 2.82 bits per heavy atom. The number of amides is 1. The minimum absolute atomic E-state index is 0.0903. The van der Waals surface area contributed by atoms with Crippen molar-refractivity contribution in [2.24, 2.45) is 5.16 Å². The maximum atomic E-state index is 10.4. The van der Waals surface area contributed by atoms with E-state index < -0.39 is 11.6 Å². The van der Waals surface area contributed by atoms with Crippen LogP contribution in [0, 0.1) is 0 Å². The van der Waals surface area contributed by atoms with E-state index in [1.54, 1.807) is 0 Å². The molecule has 0 fully saturated rings. The Bertz CT molecular complexity index is 276. The molecular weight excluding hydrogens is 148 g/mol. The molecule has 0 aliphatic carbocycles. The van der Waals surface area contributed by atoms with E-state index in [-0.39, 0.29) is 5.76 Å². The monoisotopic (exact) mass is 153 g/mol. The molecule has 1 rings (SSSR count). The normalized spacial score (nSPS) is 11.5. The van der Waals surface area contributed by atoms with Gasteiger partial charge < -0.3 is 9.62 Å². The molecule has 57 valence electrons. The third-order valence-corrected chi connectivity index (χ3v) is 1.07. The largest absolute Gasteiger partial charge is 0.462 e. The first-order valence-corrected chi connectivity index (χ1v) is 2.77. The molecule has 0 aromatic carbocycles. The summed E-state index contributed by atoms with van der Waals surface area (Å²) in [6.45, 7) is 0. The minimum atomic E-state index is -1.08. The van der Waals surface area contributed by atoms with Crippen LogP contribution in [-0.4, -0.2) is 16.8 Å². The van der Waals surface area contributed by atoms with Gasteiger partial charge in [-0.05, 0) is 12.1 Å². The first-order chi connectivity index (χ1) is 5.25. The molecule has 5 nitrogen and oxygen atoms in total. The fraction of sp³-hybridized carbons (Fsp3) is 0. The molecule has 0 saturated carbocycles. The van der Waals surface area contributed by atoms with Crippen molar-refractivity contribution in [2.75, 3.05) is 0 Å². The highest BCUT2D eigenvalue weighted by Crippen LogP contribution is 2.01. The Morgan fingerprint density at radius 1 is 1.73 bits per heavy atom. The molecule has 0 spiro atoms. The molecule has 0 atom stereocenters. The van der Waals surface area contributed by atoms with Crippen molar-refractivity contribution in [1.29, 1.82) is 0 Å². The Morgan fingerprint density at radius 2 is 2.45 bits per heavy atom. The number of oxime groups is 1. The summed E-state index contributed by atoms with van der Waals surface area (Å²) in [4.78, 5) is 10.4. The van der Waals surface area contributed by atoms with Crippen LogP contribution < -0.4 is 5.73 Å². The third kappa shape index (κ3) is 1.37. The van der Waals surface area contributed by atoms with Crippen molar-refractivity contribution in [3.8, 4) is 0 Å². The molecule has 0 saturated heterocycles. The van der Waals surface area contributed by atoms with Crippen LogP contribution in [0.4, 0.5) is 0 Å². The molecular formula is C6H5N2O3. The van der Waals surface area contributed by atoms with E-state index in [1.807, 2.05) is 0 Å². The van der Waals surface area contributed by atoms with Gasteiger partial charge in [-0.3, -0.25) is 10.5 Å². The number of hydrogen-bond donors (Lipinski definition) is 1. The van der Waals surface area contributed by atoms with Crippen LogP contribution in [0.2, 0.25) is 0 Å². The van der Waals surface area contributed by atoms with Gasteiger partial charge >= 0.3 is 0 Å². The highest BCUT2D eigenvalue weighted by molar-refractivity contribution is 6.43. The zero-order valence-electron chi connectivity index (χ0n) is 5.44. The summed E-state index contributed by atoms with van der Waals surface area (Å²) in [5, 5.41) is 10.9. The zero-order chi connectivity index (χ0) is 8.27. The first kappa shape index (κ1) is 7.33. The Hall–Kier alpha value is -1.78. The summed E-state index contributed by atoms with van der Waals surface area (Å²) in [6, 6.07) is 2.96. The van der Waals surface area contributed by atoms with Gasteiger partial charge in [0.05, 0.1) is 6.26 Å². The standard InChI is InChI=1S/C6H5N2O3/c7-6(9)5(8-10)4-2-1-3-11-4/h1-3,7,10H/b8-5-. The molecule has 0 aliphatic rings. The lowest BCUT2D eigenvalue weighted by Crippen LogP contribution is -2.15. The summed E-state index contributed by atoms with van der Waals surface area (Å²) < 4.78 is 4.72. The summed E-state index contributed by atoms with van der Waals surface area (Å²) in [5.74, 6) is -0.991. The number of carbonyl (C=O) groups is 1. The second-order valence-electron chi connectivity index (χ2n) is 1.76. The molecule has 0 bridgehead atoms. The Kier molecular flexibility index (Phi) is 1.91. The van der Waals surface area contributed by atoms with Crippen molar-refractivity contribution in [1.82, 2.24) is 5.73 Å². The van der Waals surface area contributed by atoms with Gasteiger partial charge in [0.25, 0.3) is 5.91 Å². The maximum Gasteiger partial charge on any atom is 0.295 e. The van der Waals surface area contributed by atoms with Gasteiger partial charge in [-0.1, -0.05) is 5.16 Å². The van der Waals surface area contributed by atoms with Crippen molar-refractivity contribution < 1.29 is 14.4 Å². The van der Waals surface area contributed by atoms with Gasteiger partial charge in [-0.2, -0.15) is 0 Å². The van der Waals surface area contributed by atoms with Gasteiger partial charge in [-0.25, -0.2) is 0 Å². The predicted molar refractivity (Wildman–Crippen MR) is 35.1 cm³/mol. The van der Waals surface area contributed by atoms with Crippen LogP contribution in [-0.2, 0) is 4.79 Å². The van der Waals surface area contributed by atoms with Gasteiger partial charge in [0.15, 0.2) is 5.76 Å². The van der Waals surface area contributed by atoms with Crippen LogP contribution in [0.1, 0.15) is 5.76 Å². The Balaban J connectivity index is 2.99. The van der Waals surface area contributed by atoms with Crippen LogP contribution in [0.15, 0.2) is 28.0 Å². The lowest BCUT2D eigenvalue weighted by Gasteiger charge is -1.90. The molecule has 1 amide bonds. The quantitative estimate of drug-likeness (QED) is 0.375. The fourth-order valence-corrected chi connectivity index (χ4v) is 0.620. The van der Waals surface area contributed by atoms with E-state index in [2.05, 4.69) is 5.16 Å². The number of rotatable bonds is 2. The average Bonchev–Trinajstić information content (AvgIpc) is 2.40. The number of hydrogen-bond acceptors (Lipinski definition) is 4. The van der Waals surface area contributed by atoms with Crippen molar-refractivity contribution in [3.63, 3.8) is 0 Å². The average molecular weight is 153 g/mol. The molecule has 1 aromatic rings. The molecule has 1 heterocycles. The predicted octanol–water partition coefficient (Wildman–Crippen LogP) is 0.267. The lowest BCUT2D eigenvalue weighted by atomic mass is 10.3. The molecule has 1 aromatic heterocycles. The first-order valence-electron chi connectivity index (χ1n) is 2.77. The van der Waals surface area contributed by atoms with Crippen molar-refractivity contribution in [3.05, 3.63) is 24.2 Å². The van der Waals surface area contributed by atoms with Gasteiger partial charge in [0, 0.05) is 0 Å². The summed E-state index contributed by atoms with van der Waals surface area (Å²) in [6.07, 6.45) is 1.32. The molecule has 0 aliphatic heterocycles. The number of furan rings is 1. The number of nitrogens with one attached hydrogen (secondary N) is 1. The van der Waals surface area contributed by atoms with Crippen molar-refractivity contribution in [2.45, 2.75) is 0 Å². The van der Waals surface area contributed by atoms with E-state index in [0.717, 1.165) is 0 Å². The van der Waals surface area contributed by atoms with E-state index in [1.165, 1.54) is 18.4 Å². The van der Waals surface area contributed by atoms with Crippen LogP contribution in [0.25, 0.3) is 0 Å². The molecule has 5 heteroatoms. The van der Waals surface area contributed by atoms with Crippen molar-refractivity contribution >= 4 is 11.6 Å². The smallest absolute Gasteiger partial charge is 0.295 e. The summed E-state index contributed by atoms with van der Waals surface area (Å²) in [5.41, 5.74) is 6.23. The molecule has 11 heavy (non-hydrogen) atoms. The van der Waals surface area contributed by atoms with Crippen LogP contribution in [0.3, 0.4) is 0 Å². The zero-order valence-corrected chi connectivity index (χ0v) is 5.44. The van der Waals surface area contributed by atoms with Crippen LogP contribution in [0.5, 0.6) is 0 Å². The third-order valence-electron chi connectivity index (χ3n) is 1.07. The van der Waals surface area contributed by atoms with Gasteiger partial charge in [0.2, 0.25) is 5.71 Å². The minimum Gasteiger partial charge on any atom is -0.462 e. The summed E-state index contributed by atoms with van der Waals surface area (Å²) in [7, 11) is 0. The van der Waals surface area contributed by atoms with E-state index in [0.29, 0.717) is 0 Å². The maximum absolute atomic E-state index is 10.4. The fourth-order valence-electron chi connectivity index (χ4n) is 0.620. The van der Waals surface area contributed by atoms with Gasteiger partial charge in [-0.15, -0.1) is 0 Å². The number of nitrogens with zero attached hydrogens (tertiary/aromatic N) is 1. The highest BCUT2D eigenvalue weighted by Gasteiger charge is 2.13. The van der Waals surface area contributed by atoms with E-state index in [4.69, 9.17) is 15.4 Å². The van der Waals surface area contributed by atoms with E-state index in [9.17, 15) is 4.79 Å². The molecule has 2 N–H and O–H groups in total. The number of carbonyl (C=O) groups excluding carboxylic acids is 1. The van der Waals surface area contributed by atoms with Gasteiger partial charge in [0.1, 0.15) is 0 Å². The second-order valence-corrected chi connectivity index (χ2v) is 1.76.